The predicted molar refractivity (Wildman–Crippen MR) is 59.7 cm³/mol. The van der Waals surface area contributed by atoms with Crippen LogP contribution in [0.15, 0.2) is 34.5 Å². The van der Waals surface area contributed by atoms with E-state index in [1.54, 1.807) is 12.1 Å². The second kappa shape index (κ2) is 4.33. The third-order valence-corrected chi connectivity index (χ3v) is 2.95. The van der Waals surface area contributed by atoms with Gasteiger partial charge in [-0.2, -0.15) is 0 Å². The Bertz CT molecular complexity index is 406. The average molecular weight is 272 g/mol. The van der Waals surface area contributed by atoms with Crippen LogP contribution >= 0.6 is 15.9 Å². The molecular formula is C11H11BrFNO. The highest BCUT2D eigenvalue weighted by atomic mass is 79.9. The minimum absolute atomic E-state index is 0.285. The first-order valence-corrected chi connectivity index (χ1v) is 5.51. The molecule has 0 saturated carbocycles. The van der Waals surface area contributed by atoms with Gasteiger partial charge in [0.1, 0.15) is 11.6 Å². The second-order valence-corrected chi connectivity index (χ2v) is 4.25. The summed E-state index contributed by atoms with van der Waals surface area (Å²) in [5.74, 6) is 0.487. The molecule has 1 aromatic rings. The number of rotatable bonds is 2. The van der Waals surface area contributed by atoms with Gasteiger partial charge in [0, 0.05) is 6.42 Å². The number of benzene rings is 1. The van der Waals surface area contributed by atoms with Crippen molar-refractivity contribution in [2.45, 2.75) is 12.5 Å². The molecule has 0 amide bonds. The first-order chi connectivity index (χ1) is 7.18. The van der Waals surface area contributed by atoms with Crippen LogP contribution in [-0.2, 0) is 4.74 Å². The number of halogens is 2. The van der Waals surface area contributed by atoms with E-state index in [2.05, 4.69) is 15.9 Å². The van der Waals surface area contributed by atoms with Gasteiger partial charge in [-0.25, -0.2) is 4.39 Å². The number of hydrogen-bond donors (Lipinski definition) is 1. The van der Waals surface area contributed by atoms with Gasteiger partial charge in [-0.05, 0) is 39.7 Å². The maximum atomic E-state index is 13.0. The molecule has 4 heteroatoms. The van der Waals surface area contributed by atoms with E-state index in [0.717, 1.165) is 17.7 Å². The van der Waals surface area contributed by atoms with E-state index in [9.17, 15) is 4.39 Å². The Kier molecular flexibility index (Phi) is 3.07. The Morgan fingerprint density at radius 2 is 2.27 bits per heavy atom. The molecule has 2 nitrogen and oxygen atoms in total. The normalized spacial score (nSPS) is 17.1. The molecule has 0 spiro atoms. The van der Waals surface area contributed by atoms with E-state index in [-0.39, 0.29) is 11.9 Å². The maximum absolute atomic E-state index is 13.0. The number of hydrogen-bond acceptors (Lipinski definition) is 2. The van der Waals surface area contributed by atoms with Crippen LogP contribution in [0.5, 0.6) is 0 Å². The van der Waals surface area contributed by atoms with Crippen LogP contribution in [0.1, 0.15) is 18.0 Å². The van der Waals surface area contributed by atoms with Gasteiger partial charge in [-0.1, -0.05) is 6.07 Å². The Morgan fingerprint density at radius 3 is 2.87 bits per heavy atom. The van der Waals surface area contributed by atoms with E-state index in [4.69, 9.17) is 10.5 Å². The van der Waals surface area contributed by atoms with Crippen LogP contribution in [-0.4, -0.2) is 6.61 Å². The lowest BCUT2D eigenvalue weighted by Crippen LogP contribution is -2.13. The molecule has 0 saturated heterocycles. The molecule has 2 N–H and O–H groups in total. The third kappa shape index (κ3) is 2.21. The summed E-state index contributed by atoms with van der Waals surface area (Å²) in [6.07, 6.45) is 2.87. The van der Waals surface area contributed by atoms with Gasteiger partial charge in [0.25, 0.3) is 0 Å². The standard InChI is InChI=1S/C11H11BrFNO/c12-8-6-7(3-4-9(8)13)11(14)10-2-1-5-15-10/h2-4,6,11H,1,5,14H2. The van der Waals surface area contributed by atoms with Crippen molar-refractivity contribution in [3.05, 3.63) is 45.9 Å². The fraction of sp³-hybridized carbons (Fsp3) is 0.273. The Balaban J connectivity index is 2.25. The minimum Gasteiger partial charge on any atom is -0.496 e. The zero-order valence-electron chi connectivity index (χ0n) is 8.04. The largest absolute Gasteiger partial charge is 0.496 e. The minimum atomic E-state index is -0.301. The first kappa shape index (κ1) is 10.6. The van der Waals surface area contributed by atoms with Crippen molar-refractivity contribution in [1.82, 2.24) is 0 Å². The van der Waals surface area contributed by atoms with Crippen LogP contribution in [0, 0.1) is 5.82 Å². The van der Waals surface area contributed by atoms with Crippen LogP contribution in [0.2, 0.25) is 0 Å². The van der Waals surface area contributed by atoms with Crippen LogP contribution in [0.25, 0.3) is 0 Å². The zero-order chi connectivity index (χ0) is 10.8. The van der Waals surface area contributed by atoms with E-state index in [1.807, 2.05) is 6.08 Å². The highest BCUT2D eigenvalue weighted by molar-refractivity contribution is 9.10. The zero-order valence-corrected chi connectivity index (χ0v) is 9.63. The summed E-state index contributed by atoms with van der Waals surface area (Å²) in [6, 6.07) is 4.45. The topological polar surface area (TPSA) is 35.2 Å². The summed E-state index contributed by atoms with van der Waals surface area (Å²) < 4.78 is 18.8. The quantitative estimate of drug-likeness (QED) is 0.898. The summed E-state index contributed by atoms with van der Waals surface area (Å²) in [7, 11) is 0. The molecular weight excluding hydrogens is 261 g/mol. The lowest BCUT2D eigenvalue weighted by molar-refractivity contribution is 0.225. The third-order valence-electron chi connectivity index (χ3n) is 2.34. The highest BCUT2D eigenvalue weighted by Crippen LogP contribution is 2.27. The number of nitrogens with two attached hydrogens (primary N) is 1. The molecule has 0 radical (unpaired) electrons. The van der Waals surface area contributed by atoms with Gasteiger partial charge in [-0.15, -0.1) is 0 Å². The SMILES string of the molecule is NC(C1=CCCO1)c1ccc(F)c(Br)c1. The first-order valence-electron chi connectivity index (χ1n) is 4.72. The lowest BCUT2D eigenvalue weighted by atomic mass is 10.1. The van der Waals surface area contributed by atoms with E-state index in [0.29, 0.717) is 11.1 Å². The molecule has 80 valence electrons. The van der Waals surface area contributed by atoms with Crippen molar-refractivity contribution in [2.75, 3.05) is 6.61 Å². The van der Waals surface area contributed by atoms with Gasteiger partial charge in [0.2, 0.25) is 0 Å². The summed E-state index contributed by atoms with van der Waals surface area (Å²) in [4.78, 5) is 0. The van der Waals surface area contributed by atoms with Gasteiger partial charge < -0.3 is 10.5 Å². The molecule has 15 heavy (non-hydrogen) atoms. The molecule has 1 aromatic carbocycles. The number of ether oxygens (including phenoxy) is 1. The van der Waals surface area contributed by atoms with Crippen molar-refractivity contribution in [2.24, 2.45) is 5.73 Å². The summed E-state index contributed by atoms with van der Waals surface area (Å²) in [5, 5.41) is 0. The average Bonchev–Trinajstić information content (AvgIpc) is 2.74. The van der Waals surface area contributed by atoms with Crippen molar-refractivity contribution in [3.8, 4) is 0 Å². The van der Waals surface area contributed by atoms with E-state index >= 15 is 0 Å². The van der Waals surface area contributed by atoms with Gasteiger partial charge in [-0.3, -0.25) is 0 Å². The molecule has 1 aliphatic heterocycles. The summed E-state index contributed by atoms with van der Waals surface area (Å²) in [6.45, 7) is 0.686. The van der Waals surface area contributed by atoms with E-state index < -0.39 is 0 Å². The molecule has 0 bridgehead atoms. The summed E-state index contributed by atoms with van der Waals surface area (Å²) in [5.41, 5.74) is 6.83. The van der Waals surface area contributed by atoms with Gasteiger partial charge in [0.15, 0.2) is 0 Å². The monoisotopic (exact) mass is 271 g/mol. The van der Waals surface area contributed by atoms with Crippen molar-refractivity contribution in [1.29, 1.82) is 0 Å². The van der Waals surface area contributed by atoms with Crippen LogP contribution in [0.4, 0.5) is 4.39 Å². The Labute approximate surface area is 96.0 Å². The Hall–Kier alpha value is -0.870. The van der Waals surface area contributed by atoms with Crippen LogP contribution < -0.4 is 5.73 Å². The molecule has 1 heterocycles. The fourth-order valence-corrected chi connectivity index (χ4v) is 1.92. The van der Waals surface area contributed by atoms with Crippen molar-refractivity contribution < 1.29 is 9.13 Å². The van der Waals surface area contributed by atoms with Gasteiger partial charge >= 0.3 is 0 Å². The molecule has 0 aliphatic carbocycles. The molecule has 0 fully saturated rings. The second-order valence-electron chi connectivity index (χ2n) is 3.39. The predicted octanol–water partition coefficient (Wildman–Crippen LogP) is 2.89. The highest BCUT2D eigenvalue weighted by Gasteiger charge is 2.17. The lowest BCUT2D eigenvalue weighted by Gasteiger charge is -2.13. The molecule has 1 aliphatic rings. The Morgan fingerprint density at radius 1 is 1.47 bits per heavy atom. The van der Waals surface area contributed by atoms with Gasteiger partial charge in [0.05, 0.1) is 17.1 Å². The smallest absolute Gasteiger partial charge is 0.137 e. The fourth-order valence-electron chi connectivity index (χ4n) is 1.52. The molecule has 1 unspecified atom stereocenters. The molecule has 2 rings (SSSR count). The van der Waals surface area contributed by atoms with Crippen molar-refractivity contribution >= 4 is 15.9 Å². The van der Waals surface area contributed by atoms with Crippen LogP contribution in [0.3, 0.4) is 0 Å². The summed E-state index contributed by atoms with van der Waals surface area (Å²) >= 11 is 3.13. The molecule has 0 aromatic heterocycles. The van der Waals surface area contributed by atoms with E-state index in [1.165, 1.54) is 6.07 Å². The molecule has 1 atom stereocenters. The van der Waals surface area contributed by atoms with Crippen molar-refractivity contribution in [3.63, 3.8) is 0 Å². The maximum Gasteiger partial charge on any atom is 0.137 e.